The van der Waals surface area contributed by atoms with Gasteiger partial charge in [0.05, 0.1) is 12.1 Å². The largest absolute Gasteiger partial charge is 0.390 e. The second kappa shape index (κ2) is 3.77. The Hall–Kier alpha value is -1.06. The molecular weight excluding hydrogens is 164 g/mol. The van der Waals surface area contributed by atoms with Gasteiger partial charge in [0.15, 0.2) is 0 Å². The van der Waals surface area contributed by atoms with E-state index < -0.39 is 0 Å². The van der Waals surface area contributed by atoms with Crippen molar-refractivity contribution in [2.24, 2.45) is 0 Å². The third-order valence-corrected chi connectivity index (χ3v) is 2.31. The zero-order valence-electron chi connectivity index (χ0n) is 7.40. The summed E-state index contributed by atoms with van der Waals surface area (Å²) >= 11 is 0. The fourth-order valence-corrected chi connectivity index (χ4v) is 1.56. The van der Waals surface area contributed by atoms with Crippen LogP contribution in [0.25, 0.3) is 0 Å². The average Bonchev–Trinajstić information content (AvgIpc) is 2.54. The lowest BCUT2D eigenvalue weighted by Gasteiger charge is -2.16. The normalized spacial score (nSPS) is 27.5. The Morgan fingerprint density at radius 3 is 2.62 bits per heavy atom. The number of benzene rings is 1. The SMILES string of the molecule is O[C@@H]1CNC[C@H]1Nc1ccccc1. The molecule has 1 aliphatic heterocycles. The van der Waals surface area contributed by atoms with E-state index in [0.29, 0.717) is 6.54 Å². The number of para-hydroxylation sites is 1. The summed E-state index contributed by atoms with van der Waals surface area (Å²) in [4.78, 5) is 0. The Kier molecular flexibility index (Phi) is 2.47. The van der Waals surface area contributed by atoms with Crippen molar-refractivity contribution < 1.29 is 5.11 Å². The first-order chi connectivity index (χ1) is 6.36. The van der Waals surface area contributed by atoms with Gasteiger partial charge in [-0.2, -0.15) is 0 Å². The van der Waals surface area contributed by atoms with E-state index >= 15 is 0 Å². The fraction of sp³-hybridized carbons (Fsp3) is 0.400. The van der Waals surface area contributed by atoms with Crippen LogP contribution in [-0.4, -0.2) is 30.3 Å². The molecule has 2 atom stereocenters. The monoisotopic (exact) mass is 178 g/mol. The molecule has 0 bridgehead atoms. The Bertz CT molecular complexity index is 263. The van der Waals surface area contributed by atoms with Crippen LogP contribution in [0.1, 0.15) is 0 Å². The second-order valence-electron chi connectivity index (χ2n) is 3.34. The number of hydrogen-bond acceptors (Lipinski definition) is 3. The van der Waals surface area contributed by atoms with Gasteiger partial charge in [-0.05, 0) is 12.1 Å². The molecule has 0 saturated carbocycles. The summed E-state index contributed by atoms with van der Waals surface area (Å²) in [6, 6.07) is 10.1. The lowest BCUT2D eigenvalue weighted by Crippen LogP contribution is -2.31. The highest BCUT2D eigenvalue weighted by molar-refractivity contribution is 5.44. The minimum Gasteiger partial charge on any atom is -0.390 e. The van der Waals surface area contributed by atoms with Crippen molar-refractivity contribution in [3.8, 4) is 0 Å². The summed E-state index contributed by atoms with van der Waals surface area (Å²) < 4.78 is 0. The van der Waals surface area contributed by atoms with Crippen molar-refractivity contribution in [3.05, 3.63) is 30.3 Å². The molecule has 0 amide bonds. The smallest absolute Gasteiger partial charge is 0.0877 e. The van der Waals surface area contributed by atoms with Crippen LogP contribution >= 0.6 is 0 Å². The van der Waals surface area contributed by atoms with Crippen molar-refractivity contribution >= 4 is 5.69 Å². The van der Waals surface area contributed by atoms with Crippen LogP contribution in [0, 0.1) is 0 Å². The molecule has 13 heavy (non-hydrogen) atoms. The van der Waals surface area contributed by atoms with Crippen molar-refractivity contribution in [1.82, 2.24) is 5.32 Å². The van der Waals surface area contributed by atoms with Crippen LogP contribution in [0.3, 0.4) is 0 Å². The van der Waals surface area contributed by atoms with Gasteiger partial charge >= 0.3 is 0 Å². The molecule has 3 heteroatoms. The van der Waals surface area contributed by atoms with Crippen LogP contribution in [-0.2, 0) is 0 Å². The predicted molar refractivity (Wildman–Crippen MR) is 52.7 cm³/mol. The fourth-order valence-electron chi connectivity index (χ4n) is 1.56. The lowest BCUT2D eigenvalue weighted by atomic mass is 10.2. The molecule has 1 aromatic carbocycles. The lowest BCUT2D eigenvalue weighted by molar-refractivity contribution is 0.185. The van der Waals surface area contributed by atoms with Gasteiger partial charge in [0, 0.05) is 18.8 Å². The third kappa shape index (κ3) is 1.99. The molecule has 3 N–H and O–H groups in total. The zero-order valence-corrected chi connectivity index (χ0v) is 7.40. The molecule has 70 valence electrons. The van der Waals surface area contributed by atoms with Crippen molar-refractivity contribution in [2.45, 2.75) is 12.1 Å². The van der Waals surface area contributed by atoms with Crippen LogP contribution in [0.4, 0.5) is 5.69 Å². The number of β-amino-alcohol motifs (C(OH)–C–C–N with tert-alkyl or cyclic N) is 1. The maximum absolute atomic E-state index is 9.53. The van der Waals surface area contributed by atoms with E-state index in [2.05, 4.69) is 10.6 Å². The number of aliphatic hydroxyl groups excluding tert-OH is 1. The van der Waals surface area contributed by atoms with E-state index in [1.807, 2.05) is 30.3 Å². The molecule has 0 aromatic heterocycles. The number of rotatable bonds is 2. The zero-order chi connectivity index (χ0) is 9.10. The number of aliphatic hydroxyl groups is 1. The first-order valence-electron chi connectivity index (χ1n) is 4.56. The standard InChI is InChI=1S/C10H14N2O/c13-10-7-11-6-9(10)12-8-4-2-1-3-5-8/h1-5,9-13H,6-7H2/t9-,10-/m1/s1. The van der Waals surface area contributed by atoms with Crippen LogP contribution in [0.5, 0.6) is 0 Å². The van der Waals surface area contributed by atoms with Crippen LogP contribution in [0.2, 0.25) is 0 Å². The van der Waals surface area contributed by atoms with Crippen molar-refractivity contribution in [2.75, 3.05) is 18.4 Å². The Morgan fingerprint density at radius 1 is 1.23 bits per heavy atom. The number of nitrogens with one attached hydrogen (secondary N) is 2. The van der Waals surface area contributed by atoms with Gasteiger partial charge in [0.1, 0.15) is 0 Å². The quantitative estimate of drug-likeness (QED) is 0.615. The van der Waals surface area contributed by atoms with Gasteiger partial charge in [-0.3, -0.25) is 0 Å². The molecule has 0 radical (unpaired) electrons. The van der Waals surface area contributed by atoms with Gasteiger partial charge in [-0.25, -0.2) is 0 Å². The Morgan fingerprint density at radius 2 is 2.00 bits per heavy atom. The molecule has 1 aliphatic rings. The summed E-state index contributed by atoms with van der Waals surface area (Å²) in [7, 11) is 0. The van der Waals surface area contributed by atoms with Gasteiger partial charge in [0.2, 0.25) is 0 Å². The Labute approximate surface area is 77.8 Å². The van der Waals surface area contributed by atoms with E-state index in [4.69, 9.17) is 0 Å². The average molecular weight is 178 g/mol. The highest BCUT2D eigenvalue weighted by atomic mass is 16.3. The molecule has 1 fully saturated rings. The van der Waals surface area contributed by atoms with Gasteiger partial charge < -0.3 is 15.7 Å². The summed E-state index contributed by atoms with van der Waals surface area (Å²) in [5, 5.41) is 15.9. The van der Waals surface area contributed by atoms with Crippen LogP contribution < -0.4 is 10.6 Å². The van der Waals surface area contributed by atoms with Crippen molar-refractivity contribution in [1.29, 1.82) is 0 Å². The summed E-state index contributed by atoms with van der Waals surface area (Å²) in [5.41, 5.74) is 1.07. The van der Waals surface area contributed by atoms with E-state index in [9.17, 15) is 5.11 Å². The van der Waals surface area contributed by atoms with E-state index in [0.717, 1.165) is 12.2 Å². The molecule has 1 aromatic rings. The van der Waals surface area contributed by atoms with E-state index in [1.54, 1.807) is 0 Å². The molecule has 1 saturated heterocycles. The molecule has 2 rings (SSSR count). The van der Waals surface area contributed by atoms with E-state index in [-0.39, 0.29) is 12.1 Å². The summed E-state index contributed by atoms with van der Waals surface area (Å²) in [6.07, 6.45) is -0.278. The molecule has 1 heterocycles. The first-order valence-corrected chi connectivity index (χ1v) is 4.56. The topological polar surface area (TPSA) is 44.3 Å². The summed E-state index contributed by atoms with van der Waals surface area (Å²) in [6.45, 7) is 1.51. The molecular formula is C10H14N2O. The molecule has 3 nitrogen and oxygen atoms in total. The second-order valence-corrected chi connectivity index (χ2v) is 3.34. The highest BCUT2D eigenvalue weighted by Crippen LogP contribution is 2.10. The highest BCUT2D eigenvalue weighted by Gasteiger charge is 2.24. The first kappa shape index (κ1) is 8.53. The summed E-state index contributed by atoms with van der Waals surface area (Å²) in [5.74, 6) is 0. The third-order valence-electron chi connectivity index (χ3n) is 2.31. The minimum atomic E-state index is -0.278. The van der Waals surface area contributed by atoms with E-state index in [1.165, 1.54) is 0 Å². The maximum Gasteiger partial charge on any atom is 0.0877 e. The predicted octanol–water partition coefficient (Wildman–Crippen LogP) is 0.431. The molecule has 0 aliphatic carbocycles. The number of anilines is 1. The maximum atomic E-state index is 9.53. The van der Waals surface area contributed by atoms with Crippen molar-refractivity contribution in [3.63, 3.8) is 0 Å². The van der Waals surface area contributed by atoms with Gasteiger partial charge in [0.25, 0.3) is 0 Å². The minimum absolute atomic E-state index is 0.141. The number of hydrogen-bond donors (Lipinski definition) is 3. The van der Waals surface area contributed by atoms with Crippen LogP contribution in [0.15, 0.2) is 30.3 Å². The van der Waals surface area contributed by atoms with Gasteiger partial charge in [-0.15, -0.1) is 0 Å². The Balaban J connectivity index is 1.98. The molecule has 0 unspecified atom stereocenters. The molecule has 0 spiro atoms. The van der Waals surface area contributed by atoms with Gasteiger partial charge in [-0.1, -0.05) is 18.2 Å².